The fourth-order valence-corrected chi connectivity index (χ4v) is 5.26. The minimum atomic E-state index is -3.84. The van der Waals surface area contributed by atoms with Crippen LogP contribution in [0.5, 0.6) is 0 Å². The number of hydrogen-bond donors (Lipinski definition) is 2. The Kier molecular flexibility index (Phi) is 4.07. The fraction of sp³-hybridized carbons (Fsp3) is 0.700. The van der Waals surface area contributed by atoms with Crippen molar-refractivity contribution >= 4 is 25.7 Å². The molecule has 114 valence electrons. The highest BCUT2D eigenvalue weighted by molar-refractivity contribution is 7.92. The third-order valence-electron chi connectivity index (χ3n) is 3.05. The van der Waals surface area contributed by atoms with Gasteiger partial charge in [0.25, 0.3) is 0 Å². The summed E-state index contributed by atoms with van der Waals surface area (Å²) in [5.74, 6) is -0.244. The molecule has 1 aromatic rings. The zero-order chi connectivity index (χ0) is 15.0. The van der Waals surface area contributed by atoms with Gasteiger partial charge in [-0.1, -0.05) is 6.92 Å². The highest BCUT2D eigenvalue weighted by Gasteiger charge is 2.32. The molecule has 10 heteroatoms. The molecule has 0 aromatic carbocycles. The molecule has 0 radical (unpaired) electrons. The van der Waals surface area contributed by atoms with E-state index in [4.69, 9.17) is 5.73 Å². The van der Waals surface area contributed by atoms with Crippen molar-refractivity contribution in [1.82, 2.24) is 14.5 Å². The van der Waals surface area contributed by atoms with Gasteiger partial charge in [0.1, 0.15) is 4.90 Å². The van der Waals surface area contributed by atoms with E-state index in [1.54, 1.807) is 0 Å². The molecule has 2 rings (SSSR count). The smallest absolute Gasteiger partial charge is 0.246 e. The van der Waals surface area contributed by atoms with Crippen LogP contribution in [0.3, 0.4) is 0 Å². The Morgan fingerprint density at radius 3 is 2.80 bits per heavy atom. The Bertz CT molecular complexity index is 693. The third-order valence-corrected chi connectivity index (χ3v) is 6.36. The standard InChI is InChI=1S/C10H18N4O4S2/c1-2-4-14-6-9(10(11)12-14)20(17,18)13-8-3-5-19(15,16)7-8/h6,8,13H,2-5,7H2,1H3,(H2,11,12). The van der Waals surface area contributed by atoms with Gasteiger partial charge in [-0.05, 0) is 12.8 Å². The molecule has 1 unspecified atom stereocenters. The summed E-state index contributed by atoms with van der Waals surface area (Å²) in [7, 11) is -6.99. The molecular weight excluding hydrogens is 304 g/mol. The average molecular weight is 322 g/mol. The second-order valence-corrected chi connectivity index (χ2v) is 8.77. The lowest BCUT2D eigenvalue weighted by Gasteiger charge is -2.10. The van der Waals surface area contributed by atoms with Gasteiger partial charge in [-0.15, -0.1) is 0 Å². The summed E-state index contributed by atoms with van der Waals surface area (Å²) in [6.45, 7) is 2.51. The van der Waals surface area contributed by atoms with Crippen LogP contribution in [-0.4, -0.2) is 44.2 Å². The maximum atomic E-state index is 12.2. The summed E-state index contributed by atoms with van der Waals surface area (Å²) < 4.78 is 50.9. The first-order chi connectivity index (χ1) is 9.23. The van der Waals surface area contributed by atoms with E-state index < -0.39 is 25.9 Å². The molecule has 0 aliphatic carbocycles. The van der Waals surface area contributed by atoms with Crippen LogP contribution >= 0.6 is 0 Å². The molecule has 1 fully saturated rings. The van der Waals surface area contributed by atoms with Gasteiger partial charge >= 0.3 is 0 Å². The van der Waals surface area contributed by atoms with Gasteiger partial charge < -0.3 is 5.73 Å². The molecule has 1 atom stereocenters. The summed E-state index contributed by atoms with van der Waals surface area (Å²) in [4.78, 5) is -0.102. The van der Waals surface area contributed by atoms with Crippen molar-refractivity contribution in [3.05, 3.63) is 6.20 Å². The predicted octanol–water partition coefficient (Wildman–Crippen LogP) is -0.659. The van der Waals surface area contributed by atoms with Gasteiger partial charge in [0.15, 0.2) is 15.7 Å². The van der Waals surface area contributed by atoms with Crippen LogP contribution in [0.1, 0.15) is 19.8 Å². The molecule has 2 heterocycles. The van der Waals surface area contributed by atoms with Crippen molar-refractivity contribution in [3.63, 3.8) is 0 Å². The minimum Gasteiger partial charge on any atom is -0.381 e. The molecule has 0 bridgehead atoms. The number of hydrogen-bond acceptors (Lipinski definition) is 6. The van der Waals surface area contributed by atoms with E-state index in [1.165, 1.54) is 10.9 Å². The summed E-state index contributed by atoms with van der Waals surface area (Å²) in [6.07, 6.45) is 2.45. The highest BCUT2D eigenvalue weighted by atomic mass is 32.2. The largest absolute Gasteiger partial charge is 0.381 e. The lowest BCUT2D eigenvalue weighted by atomic mass is 10.3. The van der Waals surface area contributed by atoms with Crippen LogP contribution in [0.15, 0.2) is 11.1 Å². The molecule has 1 aromatic heterocycles. The Balaban J connectivity index is 2.18. The van der Waals surface area contributed by atoms with Crippen LogP contribution in [-0.2, 0) is 26.4 Å². The third kappa shape index (κ3) is 3.30. The van der Waals surface area contributed by atoms with E-state index in [9.17, 15) is 16.8 Å². The molecule has 8 nitrogen and oxygen atoms in total. The van der Waals surface area contributed by atoms with Crippen LogP contribution in [0, 0.1) is 0 Å². The predicted molar refractivity (Wildman–Crippen MR) is 74.3 cm³/mol. The van der Waals surface area contributed by atoms with Gasteiger partial charge in [0.05, 0.1) is 11.5 Å². The minimum absolute atomic E-state index is 0.00473. The number of anilines is 1. The first kappa shape index (κ1) is 15.3. The van der Waals surface area contributed by atoms with Crippen molar-refractivity contribution in [2.24, 2.45) is 0 Å². The van der Waals surface area contributed by atoms with Crippen molar-refractivity contribution in [1.29, 1.82) is 0 Å². The van der Waals surface area contributed by atoms with E-state index in [1.807, 2.05) is 6.92 Å². The van der Waals surface area contributed by atoms with Crippen molar-refractivity contribution in [2.45, 2.75) is 37.2 Å². The number of sulfonamides is 1. The maximum Gasteiger partial charge on any atom is 0.246 e. The number of nitrogens with one attached hydrogen (secondary N) is 1. The van der Waals surface area contributed by atoms with Crippen molar-refractivity contribution in [3.8, 4) is 0 Å². The number of rotatable bonds is 5. The number of sulfone groups is 1. The molecule has 0 amide bonds. The Hall–Kier alpha value is -1.13. The van der Waals surface area contributed by atoms with E-state index >= 15 is 0 Å². The van der Waals surface area contributed by atoms with Crippen molar-refractivity contribution in [2.75, 3.05) is 17.2 Å². The lowest BCUT2D eigenvalue weighted by Crippen LogP contribution is -2.35. The molecule has 3 N–H and O–H groups in total. The van der Waals surface area contributed by atoms with E-state index in [2.05, 4.69) is 9.82 Å². The van der Waals surface area contributed by atoms with Gasteiger partial charge in [0, 0.05) is 18.8 Å². The first-order valence-electron chi connectivity index (χ1n) is 6.29. The monoisotopic (exact) mass is 322 g/mol. The molecule has 1 aliphatic heterocycles. The number of nitrogens with two attached hydrogens (primary N) is 1. The SMILES string of the molecule is CCCn1cc(S(=O)(=O)NC2CCS(=O)(=O)C2)c(N)n1. The summed E-state index contributed by atoms with van der Waals surface area (Å²) in [5, 5.41) is 3.93. The summed E-state index contributed by atoms with van der Waals surface area (Å²) in [5.41, 5.74) is 5.62. The molecule has 20 heavy (non-hydrogen) atoms. The first-order valence-corrected chi connectivity index (χ1v) is 9.59. The van der Waals surface area contributed by atoms with Gasteiger partial charge in [-0.2, -0.15) is 5.10 Å². The van der Waals surface area contributed by atoms with Crippen LogP contribution < -0.4 is 10.5 Å². The number of nitrogens with zero attached hydrogens (tertiary/aromatic N) is 2. The van der Waals surface area contributed by atoms with Gasteiger partial charge in [0.2, 0.25) is 10.0 Å². The van der Waals surface area contributed by atoms with Crippen molar-refractivity contribution < 1.29 is 16.8 Å². The zero-order valence-corrected chi connectivity index (χ0v) is 12.7. The van der Waals surface area contributed by atoms with Crippen LogP contribution in [0.25, 0.3) is 0 Å². The average Bonchev–Trinajstić information content (AvgIpc) is 2.82. The van der Waals surface area contributed by atoms with E-state index in [0.717, 1.165) is 6.42 Å². The Morgan fingerprint density at radius 1 is 1.55 bits per heavy atom. The molecule has 1 saturated heterocycles. The second kappa shape index (κ2) is 5.34. The van der Waals surface area contributed by atoms with E-state index in [-0.39, 0.29) is 28.6 Å². The summed E-state index contributed by atoms with van der Waals surface area (Å²) in [6, 6.07) is -0.598. The van der Waals surface area contributed by atoms with Crippen LogP contribution in [0.4, 0.5) is 5.82 Å². The number of aryl methyl sites for hydroxylation is 1. The molecular formula is C10H18N4O4S2. The Labute approximate surface area is 118 Å². The zero-order valence-electron chi connectivity index (χ0n) is 11.1. The van der Waals surface area contributed by atoms with Gasteiger partial charge in [-0.3, -0.25) is 4.68 Å². The topological polar surface area (TPSA) is 124 Å². The second-order valence-electron chi connectivity index (χ2n) is 4.86. The quantitative estimate of drug-likeness (QED) is 0.741. The van der Waals surface area contributed by atoms with Gasteiger partial charge in [-0.25, -0.2) is 21.6 Å². The number of nitrogen functional groups attached to an aromatic ring is 1. The van der Waals surface area contributed by atoms with Crippen LogP contribution in [0.2, 0.25) is 0 Å². The Morgan fingerprint density at radius 2 is 2.25 bits per heavy atom. The fourth-order valence-electron chi connectivity index (χ4n) is 2.14. The highest BCUT2D eigenvalue weighted by Crippen LogP contribution is 2.19. The normalized spacial score (nSPS) is 22.1. The molecule has 0 saturated carbocycles. The maximum absolute atomic E-state index is 12.2. The van der Waals surface area contributed by atoms with E-state index in [0.29, 0.717) is 6.54 Å². The molecule has 1 aliphatic rings. The lowest BCUT2D eigenvalue weighted by molar-refractivity contribution is 0.561. The summed E-state index contributed by atoms with van der Waals surface area (Å²) >= 11 is 0. The molecule has 0 spiro atoms. The number of aromatic nitrogens is 2.